The summed E-state index contributed by atoms with van der Waals surface area (Å²) in [4.78, 5) is 44.0. The van der Waals surface area contributed by atoms with Crippen LogP contribution in [0.25, 0.3) is 6.08 Å². The maximum absolute atomic E-state index is 14.0. The summed E-state index contributed by atoms with van der Waals surface area (Å²) < 4.78 is 34.5. The Morgan fingerprint density at radius 2 is 1.67 bits per heavy atom. The number of carbonyl (C=O) groups is 2. The van der Waals surface area contributed by atoms with E-state index in [4.69, 9.17) is 28.9 Å². The molecule has 2 heterocycles. The van der Waals surface area contributed by atoms with Crippen molar-refractivity contribution in [3.05, 3.63) is 78.5 Å². The van der Waals surface area contributed by atoms with Crippen LogP contribution >= 0.6 is 11.3 Å². The fourth-order valence-corrected chi connectivity index (χ4v) is 5.69. The van der Waals surface area contributed by atoms with Crippen molar-refractivity contribution < 1.29 is 38.0 Å². The highest BCUT2D eigenvalue weighted by Gasteiger charge is 2.34. The lowest BCUT2D eigenvalue weighted by molar-refractivity contribution is -0.143. The molecule has 0 bridgehead atoms. The highest BCUT2D eigenvalue weighted by molar-refractivity contribution is 7.07. The number of benzene rings is 2. The summed E-state index contributed by atoms with van der Waals surface area (Å²) in [5, 5.41) is 8.89. The number of thiazole rings is 1. The lowest BCUT2D eigenvalue weighted by atomic mass is 9.95. The molecule has 0 saturated carbocycles. The summed E-state index contributed by atoms with van der Waals surface area (Å²) in [5.41, 5.74) is 1.46. The Kier molecular flexibility index (Phi) is 11.0. The van der Waals surface area contributed by atoms with Crippen LogP contribution in [0, 0.1) is 11.3 Å². The zero-order valence-electron chi connectivity index (χ0n) is 25.6. The zero-order chi connectivity index (χ0) is 32.5. The van der Waals surface area contributed by atoms with E-state index >= 15 is 0 Å². The van der Waals surface area contributed by atoms with E-state index in [0.29, 0.717) is 62.4 Å². The van der Waals surface area contributed by atoms with Crippen LogP contribution in [0.5, 0.6) is 23.0 Å². The van der Waals surface area contributed by atoms with Crippen LogP contribution in [0.3, 0.4) is 0 Å². The molecule has 3 aromatic rings. The van der Waals surface area contributed by atoms with Gasteiger partial charge in [-0.05, 0) is 69.2 Å². The molecule has 1 aliphatic rings. The van der Waals surface area contributed by atoms with Crippen LogP contribution in [0.2, 0.25) is 0 Å². The number of esters is 2. The maximum Gasteiger partial charge on any atom is 0.343 e. The summed E-state index contributed by atoms with van der Waals surface area (Å²) >= 11 is 1.17. The topological polar surface area (TPSA) is 148 Å². The Hall–Kier alpha value is -5.09. The summed E-state index contributed by atoms with van der Waals surface area (Å²) in [6, 6.07) is 11.2. The van der Waals surface area contributed by atoms with Crippen molar-refractivity contribution in [1.29, 1.82) is 5.26 Å². The van der Waals surface area contributed by atoms with Gasteiger partial charge < -0.3 is 28.4 Å². The van der Waals surface area contributed by atoms with E-state index in [1.165, 1.54) is 23.0 Å². The van der Waals surface area contributed by atoms with Crippen molar-refractivity contribution in [3.8, 4) is 29.1 Å². The third kappa shape index (κ3) is 7.35. The summed E-state index contributed by atoms with van der Waals surface area (Å²) in [6.45, 7) is 7.37. The lowest BCUT2D eigenvalue weighted by Gasteiger charge is -2.25. The minimum absolute atomic E-state index is 0.132. The van der Waals surface area contributed by atoms with Crippen molar-refractivity contribution in [2.24, 2.45) is 4.99 Å². The predicted molar refractivity (Wildman–Crippen MR) is 164 cm³/mol. The van der Waals surface area contributed by atoms with Gasteiger partial charge in [0.2, 0.25) is 0 Å². The van der Waals surface area contributed by atoms with Gasteiger partial charge in [-0.3, -0.25) is 9.36 Å². The number of hydrogen-bond acceptors (Lipinski definition) is 12. The molecule has 4 rings (SSSR count). The monoisotopic (exact) mass is 635 g/mol. The largest absolute Gasteiger partial charge is 0.490 e. The fraction of sp³-hybridized carbons (Fsp3) is 0.344. The molecule has 0 N–H and O–H groups in total. The second-order valence-electron chi connectivity index (χ2n) is 9.39. The minimum Gasteiger partial charge on any atom is -0.490 e. The molecule has 0 amide bonds. The first-order valence-electron chi connectivity index (χ1n) is 14.2. The summed E-state index contributed by atoms with van der Waals surface area (Å²) in [5.74, 6) is 0.303. The third-order valence-corrected chi connectivity index (χ3v) is 7.51. The minimum atomic E-state index is -0.892. The molecule has 2 aromatic carbocycles. The van der Waals surface area contributed by atoms with Gasteiger partial charge in [0.25, 0.3) is 5.56 Å². The maximum atomic E-state index is 14.0. The number of fused-ring (bicyclic) bond motifs is 1. The average molecular weight is 636 g/mol. The van der Waals surface area contributed by atoms with E-state index in [1.54, 1.807) is 63.2 Å². The van der Waals surface area contributed by atoms with Crippen LogP contribution in [0.1, 0.15) is 44.9 Å². The second kappa shape index (κ2) is 15.1. The van der Waals surface area contributed by atoms with Crippen molar-refractivity contribution in [2.75, 3.05) is 40.1 Å². The number of ether oxygens (including phenoxy) is 6. The molecule has 1 aliphatic heterocycles. The van der Waals surface area contributed by atoms with Crippen molar-refractivity contribution in [1.82, 2.24) is 4.57 Å². The van der Waals surface area contributed by atoms with Gasteiger partial charge in [0.1, 0.15) is 6.07 Å². The van der Waals surface area contributed by atoms with Crippen LogP contribution in [-0.2, 0) is 19.1 Å². The first-order valence-corrected chi connectivity index (χ1v) is 15.0. The van der Waals surface area contributed by atoms with Crippen LogP contribution in [-0.4, -0.2) is 56.6 Å². The van der Waals surface area contributed by atoms with E-state index < -0.39 is 18.0 Å². The van der Waals surface area contributed by atoms with Gasteiger partial charge in [0.05, 0.1) is 48.8 Å². The average Bonchev–Trinajstić information content (AvgIpc) is 3.33. The number of rotatable bonds is 13. The number of allylic oxidation sites excluding steroid dienone is 1. The van der Waals surface area contributed by atoms with Gasteiger partial charge in [-0.1, -0.05) is 23.5 Å². The molecular formula is C32H33N3O9S. The zero-order valence-corrected chi connectivity index (χ0v) is 26.4. The van der Waals surface area contributed by atoms with E-state index in [2.05, 4.69) is 9.73 Å². The standard InChI is InChI=1S/C32H33N3O9S/c1-6-40-24-15-20(9-11-22(24)43-14-13-33)16-26-30(37)35-29(28(31(38)42-8-3)19(4)34-32(35)45-26)21-10-12-23(25(17-21)41-7-2)44-18-27(36)39-5/h9-12,15-17,29H,6-8,14,18H2,1-5H3/b26-16-/t29-/m0/s1. The van der Waals surface area contributed by atoms with Gasteiger partial charge in [0, 0.05) is 0 Å². The second-order valence-corrected chi connectivity index (χ2v) is 10.4. The van der Waals surface area contributed by atoms with Gasteiger partial charge in [-0.15, -0.1) is 0 Å². The molecule has 13 heteroatoms. The molecule has 0 spiro atoms. The Morgan fingerprint density at radius 3 is 2.33 bits per heavy atom. The lowest BCUT2D eigenvalue weighted by Crippen LogP contribution is -2.40. The molecular weight excluding hydrogens is 602 g/mol. The number of nitrogens with zero attached hydrogens (tertiary/aromatic N) is 3. The molecule has 0 unspecified atom stereocenters. The Morgan fingerprint density at radius 1 is 0.978 bits per heavy atom. The smallest absolute Gasteiger partial charge is 0.343 e. The van der Waals surface area contributed by atoms with E-state index in [-0.39, 0.29) is 31.0 Å². The van der Waals surface area contributed by atoms with Crippen molar-refractivity contribution >= 4 is 29.4 Å². The van der Waals surface area contributed by atoms with Gasteiger partial charge >= 0.3 is 11.9 Å². The molecule has 0 fully saturated rings. The number of aromatic nitrogens is 1. The van der Waals surface area contributed by atoms with Crippen molar-refractivity contribution in [2.45, 2.75) is 33.7 Å². The Bertz CT molecular complexity index is 1840. The van der Waals surface area contributed by atoms with Gasteiger partial charge in [0.15, 0.2) is 41.0 Å². The first kappa shape index (κ1) is 32.8. The summed E-state index contributed by atoms with van der Waals surface area (Å²) in [7, 11) is 1.26. The quantitative estimate of drug-likeness (QED) is 0.257. The molecule has 0 radical (unpaired) electrons. The fourth-order valence-electron chi connectivity index (χ4n) is 4.65. The van der Waals surface area contributed by atoms with Gasteiger partial charge in [-0.25, -0.2) is 14.6 Å². The predicted octanol–water partition coefficient (Wildman–Crippen LogP) is 3.05. The molecule has 236 valence electrons. The van der Waals surface area contributed by atoms with Crippen LogP contribution < -0.4 is 33.8 Å². The van der Waals surface area contributed by atoms with E-state index in [9.17, 15) is 14.4 Å². The number of hydrogen-bond donors (Lipinski definition) is 0. The van der Waals surface area contributed by atoms with Crippen molar-refractivity contribution in [3.63, 3.8) is 0 Å². The Labute approximate surface area is 263 Å². The first-order chi connectivity index (χ1) is 21.8. The molecule has 12 nitrogen and oxygen atoms in total. The normalized spacial score (nSPS) is 14.1. The van der Waals surface area contributed by atoms with Crippen LogP contribution in [0.15, 0.2) is 57.5 Å². The molecule has 1 aromatic heterocycles. The van der Waals surface area contributed by atoms with E-state index in [1.807, 2.05) is 13.0 Å². The molecule has 1 atom stereocenters. The highest BCUT2D eigenvalue weighted by atomic mass is 32.1. The van der Waals surface area contributed by atoms with Crippen LogP contribution in [0.4, 0.5) is 0 Å². The summed E-state index contributed by atoms with van der Waals surface area (Å²) in [6.07, 6.45) is 1.70. The number of carbonyl (C=O) groups excluding carboxylic acids is 2. The molecule has 45 heavy (non-hydrogen) atoms. The molecule has 0 aliphatic carbocycles. The number of methoxy groups -OCH3 is 1. The Balaban J connectivity index is 1.87. The van der Waals surface area contributed by atoms with E-state index in [0.717, 1.165) is 0 Å². The number of nitriles is 1. The highest BCUT2D eigenvalue weighted by Crippen LogP contribution is 2.36. The SMILES string of the molecule is CCOC(=O)C1=C(C)N=c2s/c(=C\c3ccc(OCC#N)c(OCC)c3)c(=O)n2[C@H]1c1ccc(OCC(=O)OC)c(OCC)c1. The molecule has 0 saturated heterocycles. The van der Waals surface area contributed by atoms with Gasteiger partial charge in [-0.2, -0.15) is 5.26 Å². The third-order valence-electron chi connectivity index (χ3n) is 6.53.